The van der Waals surface area contributed by atoms with Gasteiger partial charge in [-0.15, -0.1) is 11.3 Å². The first-order valence-electron chi connectivity index (χ1n) is 12.4. The predicted octanol–water partition coefficient (Wildman–Crippen LogP) is 5.73. The molecule has 1 amide bonds. The number of nitrogens with zero attached hydrogens (tertiary/aromatic N) is 2. The molecule has 0 saturated heterocycles. The molecule has 0 spiro atoms. The SMILES string of the molecule is Cn1nc(-c2ccc(S(=O)(=O)N[C@@H]3c4cc(C(=O)Nc5ccc(Br)cc5)ccc4OC(C)(C)[C@H]3O)s2)cc1C(F)(F)F. The molecule has 3 N–H and O–H groups in total. The molecule has 1 aliphatic heterocycles. The number of fused-ring (bicyclic) bond motifs is 1. The molecule has 2 aromatic carbocycles. The fourth-order valence-electron chi connectivity index (χ4n) is 4.49. The number of halogens is 4. The van der Waals surface area contributed by atoms with Crippen LogP contribution in [0, 0.1) is 0 Å². The molecule has 15 heteroatoms. The first-order chi connectivity index (χ1) is 19.5. The van der Waals surface area contributed by atoms with E-state index >= 15 is 0 Å². The zero-order valence-corrected chi connectivity index (χ0v) is 25.5. The lowest BCUT2D eigenvalue weighted by atomic mass is 9.86. The third-order valence-corrected chi connectivity index (χ3v) is 10.2. The normalized spacial score (nSPS) is 18.3. The van der Waals surface area contributed by atoms with Gasteiger partial charge in [0, 0.05) is 28.3 Å². The number of aromatic nitrogens is 2. The van der Waals surface area contributed by atoms with Gasteiger partial charge in [-0.05, 0) is 74.5 Å². The van der Waals surface area contributed by atoms with Crippen molar-refractivity contribution < 1.29 is 36.2 Å². The Kier molecular flexibility index (Phi) is 7.77. The Morgan fingerprint density at radius 1 is 1.12 bits per heavy atom. The van der Waals surface area contributed by atoms with E-state index < -0.39 is 45.5 Å². The van der Waals surface area contributed by atoms with Crippen LogP contribution in [0.15, 0.2) is 69.3 Å². The van der Waals surface area contributed by atoms with Gasteiger partial charge in [0.1, 0.15) is 33.1 Å². The molecule has 222 valence electrons. The highest BCUT2D eigenvalue weighted by Gasteiger charge is 2.45. The summed E-state index contributed by atoms with van der Waals surface area (Å²) in [5.74, 6) is -0.184. The maximum atomic E-state index is 13.5. The lowest BCUT2D eigenvalue weighted by Crippen LogP contribution is -2.53. The minimum atomic E-state index is -4.62. The van der Waals surface area contributed by atoms with E-state index in [0.717, 1.165) is 28.9 Å². The van der Waals surface area contributed by atoms with Crippen LogP contribution in [0.25, 0.3) is 10.6 Å². The van der Waals surface area contributed by atoms with Gasteiger partial charge in [-0.25, -0.2) is 13.1 Å². The van der Waals surface area contributed by atoms with Gasteiger partial charge >= 0.3 is 6.18 Å². The second-order valence-electron chi connectivity index (χ2n) is 10.1. The van der Waals surface area contributed by atoms with Crippen molar-refractivity contribution in [2.75, 3.05) is 5.32 Å². The number of aliphatic hydroxyl groups is 1. The Labute approximate surface area is 251 Å². The highest BCUT2D eigenvalue weighted by Crippen LogP contribution is 2.42. The van der Waals surface area contributed by atoms with Crippen molar-refractivity contribution in [2.24, 2.45) is 7.05 Å². The van der Waals surface area contributed by atoms with Crippen LogP contribution in [0.2, 0.25) is 0 Å². The highest BCUT2D eigenvalue weighted by atomic mass is 79.9. The summed E-state index contributed by atoms with van der Waals surface area (Å²) in [5, 5.41) is 17.8. The van der Waals surface area contributed by atoms with Gasteiger partial charge in [-0.3, -0.25) is 9.48 Å². The van der Waals surface area contributed by atoms with Gasteiger partial charge in [0.25, 0.3) is 15.9 Å². The summed E-state index contributed by atoms with van der Waals surface area (Å²) in [5.41, 5.74) is -1.23. The summed E-state index contributed by atoms with van der Waals surface area (Å²) in [4.78, 5) is 13.2. The largest absolute Gasteiger partial charge is 0.485 e. The molecular formula is C27H24BrF3N4O5S2. The molecular weight excluding hydrogens is 661 g/mol. The number of aliphatic hydroxyl groups excluding tert-OH is 1. The van der Waals surface area contributed by atoms with E-state index in [0.29, 0.717) is 10.4 Å². The molecule has 0 unspecified atom stereocenters. The van der Waals surface area contributed by atoms with Crippen LogP contribution in [0.1, 0.15) is 41.5 Å². The molecule has 2 atom stereocenters. The van der Waals surface area contributed by atoms with Crippen molar-refractivity contribution in [2.45, 2.75) is 42.0 Å². The molecule has 2 aromatic heterocycles. The summed E-state index contributed by atoms with van der Waals surface area (Å²) in [7, 11) is -3.15. The molecule has 42 heavy (non-hydrogen) atoms. The van der Waals surface area contributed by atoms with Gasteiger partial charge in [0.2, 0.25) is 0 Å². The van der Waals surface area contributed by atoms with E-state index in [1.54, 1.807) is 38.1 Å². The third kappa shape index (κ3) is 5.97. The van der Waals surface area contributed by atoms with Gasteiger partial charge in [0.15, 0.2) is 0 Å². The quantitative estimate of drug-likeness (QED) is 0.238. The van der Waals surface area contributed by atoms with Crippen molar-refractivity contribution in [3.05, 3.63) is 82.0 Å². The summed E-state index contributed by atoms with van der Waals surface area (Å²) >= 11 is 4.07. The van der Waals surface area contributed by atoms with E-state index in [1.165, 1.54) is 30.3 Å². The number of carbonyl (C=O) groups excluding carboxylic acids is 1. The van der Waals surface area contributed by atoms with Crippen LogP contribution >= 0.6 is 27.3 Å². The fourth-order valence-corrected chi connectivity index (χ4v) is 7.25. The first kappa shape index (κ1) is 30.2. The number of sulfonamides is 1. The van der Waals surface area contributed by atoms with E-state index in [2.05, 4.69) is 31.1 Å². The maximum absolute atomic E-state index is 13.5. The minimum absolute atomic E-state index is 0.0321. The van der Waals surface area contributed by atoms with Gasteiger partial charge in [-0.2, -0.15) is 18.3 Å². The van der Waals surface area contributed by atoms with Crippen LogP contribution in [0.5, 0.6) is 5.75 Å². The maximum Gasteiger partial charge on any atom is 0.433 e. The highest BCUT2D eigenvalue weighted by molar-refractivity contribution is 9.10. The van der Waals surface area contributed by atoms with E-state index in [-0.39, 0.29) is 31.7 Å². The summed E-state index contributed by atoms with van der Waals surface area (Å²) in [6.45, 7) is 3.19. The summed E-state index contributed by atoms with van der Waals surface area (Å²) < 4.78 is 76.4. The molecule has 0 saturated carbocycles. The van der Waals surface area contributed by atoms with Crippen molar-refractivity contribution >= 4 is 48.9 Å². The van der Waals surface area contributed by atoms with Crippen LogP contribution in [0.3, 0.4) is 0 Å². The van der Waals surface area contributed by atoms with Crippen LogP contribution in [-0.2, 0) is 23.2 Å². The van der Waals surface area contributed by atoms with Crippen molar-refractivity contribution in [1.29, 1.82) is 0 Å². The van der Waals surface area contributed by atoms with Gasteiger partial charge in [-0.1, -0.05) is 15.9 Å². The summed E-state index contributed by atoms with van der Waals surface area (Å²) in [6, 6.07) is 13.7. The molecule has 0 aliphatic carbocycles. The number of thiophene rings is 1. The number of ether oxygens (including phenoxy) is 1. The molecule has 5 rings (SSSR count). The zero-order chi connectivity index (χ0) is 30.6. The van der Waals surface area contributed by atoms with Crippen molar-refractivity contribution in [3.8, 4) is 16.3 Å². The molecule has 0 radical (unpaired) electrons. The second kappa shape index (κ2) is 10.8. The molecule has 9 nitrogen and oxygen atoms in total. The van der Waals surface area contributed by atoms with Crippen LogP contribution in [0.4, 0.5) is 18.9 Å². The number of rotatable bonds is 6. The van der Waals surface area contributed by atoms with Gasteiger partial charge in [0.05, 0.1) is 10.9 Å². The Morgan fingerprint density at radius 3 is 2.45 bits per heavy atom. The van der Waals surface area contributed by atoms with E-state index in [9.17, 15) is 31.5 Å². The van der Waals surface area contributed by atoms with Crippen molar-refractivity contribution in [3.63, 3.8) is 0 Å². The number of hydrogen-bond donors (Lipinski definition) is 3. The fraction of sp³-hybridized carbons (Fsp3) is 0.259. The molecule has 3 heterocycles. The lowest BCUT2D eigenvalue weighted by Gasteiger charge is -2.42. The number of benzene rings is 2. The summed E-state index contributed by atoms with van der Waals surface area (Å²) in [6.07, 6.45) is -5.99. The van der Waals surface area contributed by atoms with E-state index in [1.807, 2.05) is 0 Å². The number of alkyl halides is 3. The third-order valence-electron chi connectivity index (χ3n) is 6.66. The number of carbonyl (C=O) groups is 1. The lowest BCUT2D eigenvalue weighted by molar-refractivity contribution is -0.143. The van der Waals surface area contributed by atoms with Crippen LogP contribution < -0.4 is 14.8 Å². The Morgan fingerprint density at radius 2 is 1.81 bits per heavy atom. The first-order valence-corrected chi connectivity index (χ1v) is 15.5. The Hall–Kier alpha value is -3.24. The molecule has 0 fully saturated rings. The predicted molar refractivity (Wildman–Crippen MR) is 154 cm³/mol. The second-order valence-corrected chi connectivity index (χ2v) is 14.1. The Balaban J connectivity index is 1.45. The molecule has 4 aromatic rings. The average Bonchev–Trinajstić information content (AvgIpc) is 3.55. The standard InChI is InChI=1S/C27H24BrF3N4O5S2/c1-26(2)24(36)23(17-12-14(4-9-19(17)40-26)25(37)32-16-7-5-15(28)6-8-16)34-42(38,39)22-11-10-20(41-22)18-13-21(27(29,30)31)35(3)33-18/h4-13,23-24,34,36H,1-3H3,(H,32,37)/t23-,24+/m1/s1. The number of hydrogen-bond acceptors (Lipinski definition) is 7. The minimum Gasteiger partial charge on any atom is -0.485 e. The average molecular weight is 686 g/mol. The van der Waals surface area contributed by atoms with Crippen molar-refractivity contribution in [1.82, 2.24) is 14.5 Å². The molecule has 0 bridgehead atoms. The number of aryl methyl sites for hydroxylation is 1. The number of nitrogens with one attached hydrogen (secondary N) is 2. The molecule has 1 aliphatic rings. The van der Waals surface area contributed by atoms with Gasteiger partial charge < -0.3 is 15.2 Å². The monoisotopic (exact) mass is 684 g/mol. The smallest absolute Gasteiger partial charge is 0.433 e. The topological polar surface area (TPSA) is 123 Å². The zero-order valence-electron chi connectivity index (χ0n) is 22.2. The number of anilines is 1. The van der Waals surface area contributed by atoms with Crippen LogP contribution in [-0.4, -0.2) is 40.9 Å². The number of amides is 1. The Bertz CT molecular complexity index is 1770. The van der Waals surface area contributed by atoms with E-state index in [4.69, 9.17) is 4.74 Å².